The molecule has 3 aromatic rings. The fraction of sp³-hybridized carbons (Fsp3) is 0.562. The van der Waals surface area contributed by atoms with Gasteiger partial charge in [-0.1, -0.05) is 18.0 Å². The molecule has 1 fully saturated rings. The molecule has 24 heavy (non-hydrogen) atoms. The lowest BCUT2D eigenvalue weighted by Gasteiger charge is -2.11. The van der Waals surface area contributed by atoms with Crippen LogP contribution in [0, 0.1) is 13.8 Å². The third-order valence-corrected chi connectivity index (χ3v) is 4.77. The predicted octanol–water partition coefficient (Wildman–Crippen LogP) is 2.44. The van der Waals surface area contributed by atoms with Crippen molar-refractivity contribution in [2.24, 2.45) is 0 Å². The van der Waals surface area contributed by atoms with Gasteiger partial charge in [-0.15, -0.1) is 10.2 Å². The van der Waals surface area contributed by atoms with E-state index in [9.17, 15) is 0 Å². The van der Waals surface area contributed by atoms with Crippen molar-refractivity contribution < 1.29 is 4.52 Å². The smallest absolute Gasteiger partial charge is 0.229 e. The molecule has 0 spiro atoms. The van der Waals surface area contributed by atoms with Crippen molar-refractivity contribution in [1.82, 2.24) is 30.0 Å². The Morgan fingerprint density at radius 2 is 2.12 bits per heavy atom. The van der Waals surface area contributed by atoms with Crippen LogP contribution in [0.25, 0.3) is 5.65 Å². The highest BCUT2D eigenvalue weighted by molar-refractivity contribution is 5.71. The van der Waals surface area contributed by atoms with Crippen molar-refractivity contribution in [3.63, 3.8) is 0 Å². The van der Waals surface area contributed by atoms with E-state index in [0.717, 1.165) is 34.3 Å². The van der Waals surface area contributed by atoms with Gasteiger partial charge in [0, 0.05) is 18.9 Å². The fourth-order valence-electron chi connectivity index (χ4n) is 3.27. The Kier molecular flexibility index (Phi) is 3.87. The lowest BCUT2D eigenvalue weighted by Crippen LogP contribution is -2.11. The first-order chi connectivity index (χ1) is 11.7. The van der Waals surface area contributed by atoms with E-state index in [0.29, 0.717) is 18.9 Å². The molecule has 3 aromatic heterocycles. The minimum Gasteiger partial charge on any atom is -0.381 e. The van der Waals surface area contributed by atoms with Crippen LogP contribution in [-0.4, -0.2) is 36.5 Å². The molecule has 4 rings (SSSR count). The SMILES string of the molecule is Cc1nn2cnnc2c(NCCc2noc(C3CCCC3)n2)c1C. The fourth-order valence-corrected chi connectivity index (χ4v) is 3.27. The number of fused-ring (bicyclic) bond motifs is 1. The summed E-state index contributed by atoms with van der Waals surface area (Å²) in [5, 5.41) is 20.0. The number of hydrogen-bond donors (Lipinski definition) is 1. The molecule has 1 aliphatic carbocycles. The van der Waals surface area contributed by atoms with Crippen molar-refractivity contribution in [1.29, 1.82) is 0 Å². The second kappa shape index (κ2) is 6.18. The summed E-state index contributed by atoms with van der Waals surface area (Å²) in [6, 6.07) is 0. The lowest BCUT2D eigenvalue weighted by atomic mass is 10.1. The predicted molar refractivity (Wildman–Crippen MR) is 88.0 cm³/mol. The molecule has 3 heterocycles. The van der Waals surface area contributed by atoms with Crippen LogP contribution in [-0.2, 0) is 6.42 Å². The Morgan fingerprint density at radius 3 is 2.96 bits per heavy atom. The molecule has 8 heteroatoms. The van der Waals surface area contributed by atoms with Crippen LogP contribution in [0.4, 0.5) is 5.69 Å². The van der Waals surface area contributed by atoms with Crippen molar-refractivity contribution in [2.75, 3.05) is 11.9 Å². The maximum atomic E-state index is 5.43. The topological polar surface area (TPSA) is 94.0 Å². The van der Waals surface area contributed by atoms with Gasteiger partial charge in [0.15, 0.2) is 5.82 Å². The van der Waals surface area contributed by atoms with Crippen molar-refractivity contribution >= 4 is 11.3 Å². The highest BCUT2D eigenvalue weighted by atomic mass is 16.5. The van der Waals surface area contributed by atoms with Gasteiger partial charge in [0.25, 0.3) is 0 Å². The number of nitrogens with zero attached hydrogens (tertiary/aromatic N) is 6. The van der Waals surface area contributed by atoms with Gasteiger partial charge in [-0.3, -0.25) is 0 Å². The number of rotatable bonds is 5. The van der Waals surface area contributed by atoms with Crippen LogP contribution < -0.4 is 5.32 Å². The molecule has 0 amide bonds. The Morgan fingerprint density at radius 1 is 1.29 bits per heavy atom. The van der Waals surface area contributed by atoms with Crippen molar-refractivity contribution in [3.05, 3.63) is 29.3 Å². The summed E-state index contributed by atoms with van der Waals surface area (Å²) in [5.41, 5.74) is 3.72. The molecule has 0 unspecified atom stereocenters. The maximum absolute atomic E-state index is 5.43. The lowest BCUT2D eigenvalue weighted by molar-refractivity contribution is 0.350. The minimum absolute atomic E-state index is 0.458. The van der Waals surface area contributed by atoms with Gasteiger partial charge < -0.3 is 9.84 Å². The zero-order chi connectivity index (χ0) is 16.5. The summed E-state index contributed by atoms with van der Waals surface area (Å²) >= 11 is 0. The number of anilines is 1. The average molecular weight is 327 g/mol. The molecule has 1 aliphatic rings. The normalized spacial score (nSPS) is 15.4. The van der Waals surface area contributed by atoms with Gasteiger partial charge in [0.2, 0.25) is 11.5 Å². The van der Waals surface area contributed by atoms with Crippen molar-refractivity contribution in [3.8, 4) is 0 Å². The first kappa shape index (κ1) is 15.0. The zero-order valence-electron chi connectivity index (χ0n) is 14.0. The van der Waals surface area contributed by atoms with E-state index in [-0.39, 0.29) is 0 Å². The molecule has 126 valence electrons. The molecular weight excluding hydrogens is 306 g/mol. The minimum atomic E-state index is 0.458. The van der Waals surface area contributed by atoms with Crippen LogP contribution in [0.5, 0.6) is 0 Å². The molecule has 0 aromatic carbocycles. The van der Waals surface area contributed by atoms with Gasteiger partial charge in [-0.25, -0.2) is 0 Å². The Labute approximate surface area is 139 Å². The van der Waals surface area contributed by atoms with E-state index in [4.69, 9.17) is 4.52 Å². The van der Waals surface area contributed by atoms with E-state index in [2.05, 4.69) is 30.8 Å². The summed E-state index contributed by atoms with van der Waals surface area (Å²) in [5.74, 6) is 2.02. The molecule has 1 saturated carbocycles. The Balaban J connectivity index is 1.44. The van der Waals surface area contributed by atoms with Crippen LogP contribution in [0.3, 0.4) is 0 Å². The second-order valence-electron chi connectivity index (χ2n) is 6.39. The third-order valence-electron chi connectivity index (χ3n) is 4.77. The van der Waals surface area contributed by atoms with Gasteiger partial charge in [-0.2, -0.15) is 14.6 Å². The summed E-state index contributed by atoms with van der Waals surface area (Å²) < 4.78 is 7.12. The standard InChI is InChI=1S/C16H21N7O/c1-10-11(2)21-23-9-18-20-15(23)14(10)17-8-7-13-19-16(24-22-13)12-5-3-4-6-12/h9,12,17H,3-8H2,1-2H3. The number of hydrogen-bond acceptors (Lipinski definition) is 7. The monoisotopic (exact) mass is 327 g/mol. The van der Waals surface area contributed by atoms with Crippen LogP contribution >= 0.6 is 0 Å². The molecule has 0 saturated heterocycles. The largest absolute Gasteiger partial charge is 0.381 e. The second-order valence-corrected chi connectivity index (χ2v) is 6.39. The Bertz CT molecular complexity index is 847. The summed E-state index contributed by atoms with van der Waals surface area (Å²) in [7, 11) is 0. The first-order valence-electron chi connectivity index (χ1n) is 8.46. The van der Waals surface area contributed by atoms with Gasteiger partial charge in [0.1, 0.15) is 6.33 Å². The van der Waals surface area contributed by atoms with Gasteiger partial charge >= 0.3 is 0 Å². The van der Waals surface area contributed by atoms with E-state index < -0.39 is 0 Å². The molecule has 0 atom stereocenters. The quantitative estimate of drug-likeness (QED) is 0.769. The number of aryl methyl sites for hydroxylation is 1. The summed E-state index contributed by atoms with van der Waals surface area (Å²) in [4.78, 5) is 4.55. The number of nitrogens with one attached hydrogen (secondary N) is 1. The molecule has 1 N–H and O–H groups in total. The van der Waals surface area contributed by atoms with Crippen LogP contribution in [0.15, 0.2) is 10.9 Å². The van der Waals surface area contributed by atoms with Crippen LogP contribution in [0.2, 0.25) is 0 Å². The molecule has 8 nitrogen and oxygen atoms in total. The highest BCUT2D eigenvalue weighted by Gasteiger charge is 2.22. The highest BCUT2D eigenvalue weighted by Crippen LogP contribution is 2.32. The first-order valence-corrected chi connectivity index (χ1v) is 8.46. The van der Waals surface area contributed by atoms with E-state index in [1.807, 2.05) is 13.8 Å². The maximum Gasteiger partial charge on any atom is 0.229 e. The number of aromatic nitrogens is 6. The molecule has 0 bridgehead atoms. The van der Waals surface area contributed by atoms with E-state index >= 15 is 0 Å². The molecule has 0 radical (unpaired) electrons. The Hall–Kier alpha value is -2.51. The molecular formula is C16H21N7O. The van der Waals surface area contributed by atoms with Crippen LogP contribution in [0.1, 0.15) is 54.6 Å². The third kappa shape index (κ3) is 2.72. The van der Waals surface area contributed by atoms with E-state index in [1.165, 1.54) is 25.7 Å². The summed E-state index contributed by atoms with van der Waals surface area (Å²) in [6.07, 6.45) is 7.18. The van der Waals surface area contributed by atoms with E-state index in [1.54, 1.807) is 10.8 Å². The average Bonchev–Trinajstić information content (AvgIpc) is 3.30. The zero-order valence-corrected chi connectivity index (χ0v) is 14.0. The molecule has 0 aliphatic heterocycles. The van der Waals surface area contributed by atoms with Crippen molar-refractivity contribution in [2.45, 2.75) is 51.9 Å². The van der Waals surface area contributed by atoms with Gasteiger partial charge in [0.05, 0.1) is 11.4 Å². The van der Waals surface area contributed by atoms with Gasteiger partial charge in [-0.05, 0) is 32.3 Å². The summed E-state index contributed by atoms with van der Waals surface area (Å²) in [6.45, 7) is 4.72.